The predicted octanol–water partition coefficient (Wildman–Crippen LogP) is 4.23. The number of furan rings is 1. The Morgan fingerprint density at radius 1 is 1.29 bits per heavy atom. The van der Waals surface area contributed by atoms with Gasteiger partial charge in [-0.05, 0) is 51.1 Å². The van der Waals surface area contributed by atoms with Crippen molar-refractivity contribution in [3.8, 4) is 5.69 Å². The maximum atomic E-state index is 12.5. The Bertz CT molecular complexity index is 882. The molecule has 3 rings (SSSR count). The van der Waals surface area contributed by atoms with E-state index in [1.807, 2.05) is 45.0 Å². The van der Waals surface area contributed by atoms with Crippen LogP contribution in [0.5, 0.6) is 0 Å². The summed E-state index contributed by atoms with van der Waals surface area (Å²) in [4.78, 5) is 12.5. The van der Waals surface area contributed by atoms with E-state index < -0.39 is 0 Å². The van der Waals surface area contributed by atoms with Crippen molar-refractivity contribution in [2.24, 2.45) is 0 Å². The van der Waals surface area contributed by atoms with E-state index in [0.29, 0.717) is 10.6 Å². The van der Waals surface area contributed by atoms with Crippen LogP contribution >= 0.6 is 11.6 Å². The van der Waals surface area contributed by atoms with Crippen molar-refractivity contribution >= 4 is 17.5 Å². The van der Waals surface area contributed by atoms with E-state index in [1.165, 1.54) is 0 Å². The molecular weight excluding hydrogens is 326 g/mol. The van der Waals surface area contributed by atoms with Gasteiger partial charge in [0.2, 0.25) is 0 Å². The molecule has 2 heterocycles. The molecule has 0 fully saturated rings. The van der Waals surface area contributed by atoms with E-state index in [9.17, 15) is 4.79 Å². The Morgan fingerprint density at radius 2 is 2.08 bits per heavy atom. The smallest absolute Gasteiger partial charge is 0.255 e. The topological polar surface area (TPSA) is 60.1 Å². The minimum Gasteiger partial charge on any atom is -0.464 e. The summed E-state index contributed by atoms with van der Waals surface area (Å²) in [5.41, 5.74) is 2.08. The van der Waals surface area contributed by atoms with Crippen LogP contribution in [-0.2, 0) is 0 Å². The lowest BCUT2D eigenvalue weighted by atomic mass is 10.2. The molecule has 0 aliphatic rings. The van der Waals surface area contributed by atoms with Gasteiger partial charge in [-0.3, -0.25) is 4.79 Å². The number of halogens is 1. The average molecular weight is 344 g/mol. The monoisotopic (exact) mass is 343 g/mol. The number of nitrogens with one attached hydrogen (secondary N) is 1. The molecule has 24 heavy (non-hydrogen) atoms. The molecule has 0 aliphatic heterocycles. The van der Waals surface area contributed by atoms with Gasteiger partial charge in [-0.15, -0.1) is 0 Å². The fourth-order valence-electron chi connectivity index (χ4n) is 2.53. The highest BCUT2D eigenvalue weighted by atomic mass is 35.5. The molecule has 1 amide bonds. The van der Waals surface area contributed by atoms with Crippen molar-refractivity contribution < 1.29 is 9.21 Å². The molecule has 2 aromatic heterocycles. The van der Waals surface area contributed by atoms with Crippen LogP contribution < -0.4 is 5.32 Å². The maximum Gasteiger partial charge on any atom is 0.255 e. The molecule has 0 saturated carbocycles. The van der Waals surface area contributed by atoms with Gasteiger partial charge in [0.05, 0.1) is 29.2 Å². The molecule has 0 spiro atoms. The first-order valence-electron chi connectivity index (χ1n) is 7.63. The SMILES string of the molecule is Cc1ccc(C(C)NC(=O)c2cnn(-c3cccc(Cl)c3)c2C)o1. The Hall–Kier alpha value is -2.53. The molecule has 0 saturated heterocycles. The minimum atomic E-state index is -0.222. The molecular formula is C18H18ClN3O2. The van der Waals surface area contributed by atoms with Crippen molar-refractivity contribution in [1.29, 1.82) is 0 Å². The molecule has 0 bridgehead atoms. The Balaban J connectivity index is 1.81. The van der Waals surface area contributed by atoms with E-state index in [0.717, 1.165) is 22.9 Å². The molecule has 124 valence electrons. The fraction of sp³-hybridized carbons (Fsp3) is 0.222. The Morgan fingerprint density at radius 3 is 2.75 bits per heavy atom. The van der Waals surface area contributed by atoms with E-state index in [-0.39, 0.29) is 11.9 Å². The number of amides is 1. The third-order valence-corrected chi connectivity index (χ3v) is 4.08. The molecule has 1 N–H and O–H groups in total. The zero-order valence-electron chi connectivity index (χ0n) is 13.7. The second kappa shape index (κ2) is 6.53. The highest BCUT2D eigenvalue weighted by Gasteiger charge is 2.19. The van der Waals surface area contributed by atoms with Gasteiger partial charge >= 0.3 is 0 Å². The van der Waals surface area contributed by atoms with Crippen molar-refractivity contribution in [2.75, 3.05) is 0 Å². The Kier molecular flexibility index (Phi) is 4.44. The van der Waals surface area contributed by atoms with Crippen LogP contribution in [0, 0.1) is 13.8 Å². The zero-order chi connectivity index (χ0) is 17.3. The summed E-state index contributed by atoms with van der Waals surface area (Å²) in [5, 5.41) is 7.86. The van der Waals surface area contributed by atoms with Crippen molar-refractivity contribution in [2.45, 2.75) is 26.8 Å². The molecule has 5 nitrogen and oxygen atoms in total. The first-order chi connectivity index (χ1) is 11.5. The summed E-state index contributed by atoms with van der Waals surface area (Å²) in [6.07, 6.45) is 1.56. The number of aromatic nitrogens is 2. The lowest BCUT2D eigenvalue weighted by Crippen LogP contribution is -2.26. The van der Waals surface area contributed by atoms with Crippen LogP contribution in [0.4, 0.5) is 0 Å². The van der Waals surface area contributed by atoms with Crippen LogP contribution in [0.1, 0.15) is 40.5 Å². The summed E-state index contributed by atoms with van der Waals surface area (Å²) in [5.74, 6) is 1.35. The summed E-state index contributed by atoms with van der Waals surface area (Å²) < 4.78 is 7.25. The number of carbonyl (C=O) groups excluding carboxylic acids is 1. The van der Waals surface area contributed by atoms with Gasteiger partial charge in [-0.2, -0.15) is 5.10 Å². The number of aryl methyl sites for hydroxylation is 1. The van der Waals surface area contributed by atoms with Crippen LogP contribution in [-0.4, -0.2) is 15.7 Å². The highest BCUT2D eigenvalue weighted by Crippen LogP contribution is 2.20. The molecule has 1 atom stereocenters. The van der Waals surface area contributed by atoms with Crippen LogP contribution in [0.3, 0.4) is 0 Å². The van der Waals surface area contributed by atoms with Crippen molar-refractivity contribution in [3.05, 3.63) is 70.4 Å². The lowest BCUT2D eigenvalue weighted by molar-refractivity contribution is 0.0934. The predicted molar refractivity (Wildman–Crippen MR) is 92.6 cm³/mol. The van der Waals surface area contributed by atoms with Gasteiger partial charge in [-0.1, -0.05) is 17.7 Å². The number of hydrogen-bond acceptors (Lipinski definition) is 3. The average Bonchev–Trinajstić information content (AvgIpc) is 3.13. The van der Waals surface area contributed by atoms with Gasteiger partial charge in [0.25, 0.3) is 5.91 Å². The first kappa shape index (κ1) is 16.3. The molecule has 3 aromatic rings. The van der Waals surface area contributed by atoms with Gasteiger partial charge < -0.3 is 9.73 Å². The second-order valence-corrected chi connectivity index (χ2v) is 6.12. The van der Waals surface area contributed by atoms with Gasteiger partial charge in [0.1, 0.15) is 11.5 Å². The number of carbonyl (C=O) groups is 1. The molecule has 6 heteroatoms. The minimum absolute atomic E-state index is 0.192. The summed E-state index contributed by atoms with van der Waals surface area (Å²) >= 11 is 6.02. The van der Waals surface area contributed by atoms with Gasteiger partial charge in [-0.25, -0.2) is 4.68 Å². The zero-order valence-corrected chi connectivity index (χ0v) is 14.5. The lowest BCUT2D eigenvalue weighted by Gasteiger charge is -2.11. The third kappa shape index (κ3) is 3.21. The van der Waals surface area contributed by atoms with Crippen molar-refractivity contribution in [1.82, 2.24) is 15.1 Å². The molecule has 0 radical (unpaired) electrons. The van der Waals surface area contributed by atoms with E-state index in [2.05, 4.69) is 10.4 Å². The van der Waals surface area contributed by atoms with Gasteiger partial charge in [0, 0.05) is 5.02 Å². The number of benzene rings is 1. The maximum absolute atomic E-state index is 12.5. The second-order valence-electron chi connectivity index (χ2n) is 5.68. The van der Waals surface area contributed by atoms with Crippen molar-refractivity contribution in [3.63, 3.8) is 0 Å². The Labute approximate surface area is 145 Å². The number of hydrogen-bond donors (Lipinski definition) is 1. The first-order valence-corrected chi connectivity index (χ1v) is 8.01. The quantitative estimate of drug-likeness (QED) is 0.771. The third-order valence-electron chi connectivity index (χ3n) is 3.84. The van der Waals surface area contributed by atoms with E-state index in [1.54, 1.807) is 23.0 Å². The van der Waals surface area contributed by atoms with E-state index >= 15 is 0 Å². The fourth-order valence-corrected chi connectivity index (χ4v) is 2.72. The van der Waals surface area contributed by atoms with E-state index in [4.69, 9.17) is 16.0 Å². The van der Waals surface area contributed by atoms with Crippen LogP contribution in [0.2, 0.25) is 5.02 Å². The standard InChI is InChI=1S/C18H18ClN3O2/c1-11-7-8-17(24-11)12(2)21-18(23)16-10-20-22(13(16)3)15-6-4-5-14(19)9-15/h4-10,12H,1-3H3,(H,21,23). The summed E-state index contributed by atoms with van der Waals surface area (Å²) in [6.45, 7) is 5.61. The van der Waals surface area contributed by atoms with Crippen LogP contribution in [0.25, 0.3) is 5.69 Å². The normalized spacial score (nSPS) is 12.2. The summed E-state index contributed by atoms with van der Waals surface area (Å²) in [7, 11) is 0. The van der Waals surface area contributed by atoms with Crippen LogP contribution in [0.15, 0.2) is 47.0 Å². The molecule has 1 unspecified atom stereocenters. The largest absolute Gasteiger partial charge is 0.464 e. The molecule has 1 aromatic carbocycles. The summed E-state index contributed by atoms with van der Waals surface area (Å²) in [6, 6.07) is 10.9. The highest BCUT2D eigenvalue weighted by molar-refractivity contribution is 6.30. The van der Waals surface area contributed by atoms with Gasteiger partial charge in [0.15, 0.2) is 0 Å². The number of rotatable bonds is 4. The molecule has 0 aliphatic carbocycles. The number of nitrogens with zero attached hydrogens (tertiary/aromatic N) is 2.